The number of aryl methyl sites for hydroxylation is 2. The van der Waals surface area contributed by atoms with Crippen molar-refractivity contribution in [3.05, 3.63) is 34.9 Å². The molecule has 0 aliphatic heterocycles. The Hall–Kier alpha value is -1.84. The summed E-state index contributed by atoms with van der Waals surface area (Å²) in [4.78, 5) is 23.4. The predicted octanol–water partition coefficient (Wildman–Crippen LogP) is 3.24. The molecule has 1 unspecified atom stereocenters. The Bertz CT molecular complexity index is 611. The molecule has 1 aromatic rings. The molecule has 2 aliphatic rings. The molecule has 124 valence electrons. The predicted molar refractivity (Wildman–Crippen MR) is 88.1 cm³/mol. The normalized spacial score (nSPS) is 24.7. The molecule has 4 nitrogen and oxygen atoms in total. The van der Waals surface area contributed by atoms with E-state index in [1.807, 2.05) is 6.92 Å². The number of amides is 1. The van der Waals surface area contributed by atoms with Gasteiger partial charge in [-0.3, -0.25) is 9.59 Å². The molecule has 0 aromatic heterocycles. The SMILES string of the molecule is CC(NC(=O)[C@@H]1CC[C@H](C(=O)O)C1)c1ccc2c(c1)CCCC2. The second-order valence-corrected chi connectivity index (χ2v) is 7.01. The molecule has 2 N–H and O–H groups in total. The quantitative estimate of drug-likeness (QED) is 0.896. The highest BCUT2D eigenvalue weighted by Crippen LogP contribution is 2.32. The number of carboxylic acid groups (broad SMARTS) is 1. The Morgan fingerprint density at radius 1 is 1.13 bits per heavy atom. The molecule has 3 rings (SSSR count). The fraction of sp³-hybridized carbons (Fsp3) is 0.579. The van der Waals surface area contributed by atoms with Gasteiger partial charge in [-0.1, -0.05) is 18.2 Å². The molecule has 0 radical (unpaired) electrons. The van der Waals surface area contributed by atoms with Gasteiger partial charge in [-0.05, 0) is 68.6 Å². The molecule has 0 spiro atoms. The van der Waals surface area contributed by atoms with Crippen molar-refractivity contribution in [1.82, 2.24) is 5.32 Å². The number of rotatable bonds is 4. The Kier molecular flexibility index (Phi) is 4.69. The van der Waals surface area contributed by atoms with Crippen LogP contribution in [0.3, 0.4) is 0 Å². The average Bonchev–Trinajstić information content (AvgIpc) is 3.04. The second-order valence-electron chi connectivity index (χ2n) is 7.01. The van der Waals surface area contributed by atoms with Gasteiger partial charge in [0.05, 0.1) is 12.0 Å². The fourth-order valence-electron chi connectivity index (χ4n) is 3.88. The summed E-state index contributed by atoms with van der Waals surface area (Å²) in [5.41, 5.74) is 4.01. The van der Waals surface area contributed by atoms with Crippen LogP contribution in [-0.4, -0.2) is 17.0 Å². The molecule has 23 heavy (non-hydrogen) atoms. The van der Waals surface area contributed by atoms with E-state index < -0.39 is 5.97 Å². The van der Waals surface area contributed by atoms with Crippen LogP contribution in [0.1, 0.15) is 61.8 Å². The topological polar surface area (TPSA) is 66.4 Å². The summed E-state index contributed by atoms with van der Waals surface area (Å²) in [5.74, 6) is -1.29. The van der Waals surface area contributed by atoms with Crippen molar-refractivity contribution < 1.29 is 14.7 Å². The summed E-state index contributed by atoms with van der Waals surface area (Å²) in [6.07, 6.45) is 6.57. The number of carbonyl (C=O) groups excluding carboxylic acids is 1. The highest BCUT2D eigenvalue weighted by atomic mass is 16.4. The van der Waals surface area contributed by atoms with Crippen molar-refractivity contribution in [2.45, 2.75) is 57.9 Å². The highest BCUT2D eigenvalue weighted by Gasteiger charge is 2.34. The van der Waals surface area contributed by atoms with E-state index in [1.54, 1.807) is 0 Å². The number of nitrogens with one attached hydrogen (secondary N) is 1. The highest BCUT2D eigenvalue weighted by molar-refractivity contribution is 5.81. The van der Waals surface area contributed by atoms with Crippen molar-refractivity contribution in [2.75, 3.05) is 0 Å². The number of aliphatic carboxylic acids is 1. The van der Waals surface area contributed by atoms with Gasteiger partial charge in [0.1, 0.15) is 0 Å². The molecule has 1 fully saturated rings. The standard InChI is InChI=1S/C19H25NO3/c1-12(14-7-6-13-4-2-3-5-15(13)10-14)20-18(21)16-8-9-17(11-16)19(22)23/h6-7,10,12,16-17H,2-5,8-9,11H2,1H3,(H,20,21)(H,22,23)/t12?,16-,17+/m1/s1. The molecular formula is C19H25NO3. The third-order valence-electron chi connectivity index (χ3n) is 5.38. The molecule has 1 aromatic carbocycles. The molecule has 1 amide bonds. The molecule has 2 aliphatic carbocycles. The van der Waals surface area contributed by atoms with Gasteiger partial charge in [0.25, 0.3) is 0 Å². The summed E-state index contributed by atoms with van der Waals surface area (Å²) in [7, 11) is 0. The molecular weight excluding hydrogens is 290 g/mol. The molecule has 3 atom stereocenters. The number of benzene rings is 1. The third-order valence-corrected chi connectivity index (χ3v) is 5.38. The van der Waals surface area contributed by atoms with Gasteiger partial charge < -0.3 is 10.4 Å². The van der Waals surface area contributed by atoms with E-state index in [-0.39, 0.29) is 23.8 Å². The first kappa shape index (κ1) is 16.0. The molecule has 0 saturated heterocycles. The van der Waals surface area contributed by atoms with Gasteiger partial charge in [0.2, 0.25) is 5.91 Å². The largest absolute Gasteiger partial charge is 0.481 e. The first-order valence-corrected chi connectivity index (χ1v) is 8.69. The van der Waals surface area contributed by atoms with E-state index in [0.29, 0.717) is 19.3 Å². The van der Waals surface area contributed by atoms with Crippen LogP contribution in [0, 0.1) is 11.8 Å². The molecule has 0 heterocycles. The molecule has 1 saturated carbocycles. The van der Waals surface area contributed by atoms with E-state index >= 15 is 0 Å². The van der Waals surface area contributed by atoms with Gasteiger partial charge in [-0.2, -0.15) is 0 Å². The maximum atomic E-state index is 12.4. The lowest BCUT2D eigenvalue weighted by Crippen LogP contribution is -2.32. The second kappa shape index (κ2) is 6.73. The van der Waals surface area contributed by atoms with Crippen molar-refractivity contribution in [1.29, 1.82) is 0 Å². The van der Waals surface area contributed by atoms with Crippen molar-refractivity contribution >= 4 is 11.9 Å². The van der Waals surface area contributed by atoms with Gasteiger partial charge >= 0.3 is 5.97 Å². The number of hydrogen-bond donors (Lipinski definition) is 2. The number of carboxylic acids is 1. The monoisotopic (exact) mass is 315 g/mol. The summed E-state index contributed by atoms with van der Waals surface area (Å²) in [6.45, 7) is 2.01. The molecule has 4 heteroatoms. The first-order valence-electron chi connectivity index (χ1n) is 8.69. The van der Waals surface area contributed by atoms with E-state index in [0.717, 1.165) is 18.4 Å². The molecule has 0 bridgehead atoms. The minimum Gasteiger partial charge on any atom is -0.481 e. The Balaban J connectivity index is 1.61. The zero-order valence-corrected chi connectivity index (χ0v) is 13.7. The van der Waals surface area contributed by atoms with Gasteiger partial charge in [-0.25, -0.2) is 0 Å². The zero-order chi connectivity index (χ0) is 16.4. The van der Waals surface area contributed by atoms with Gasteiger partial charge in [0.15, 0.2) is 0 Å². The zero-order valence-electron chi connectivity index (χ0n) is 13.7. The van der Waals surface area contributed by atoms with E-state index in [1.165, 1.54) is 24.0 Å². The van der Waals surface area contributed by atoms with Gasteiger partial charge in [-0.15, -0.1) is 0 Å². The lowest BCUT2D eigenvalue weighted by molar-refractivity contribution is -0.141. The van der Waals surface area contributed by atoms with E-state index in [4.69, 9.17) is 5.11 Å². The van der Waals surface area contributed by atoms with Gasteiger partial charge in [0, 0.05) is 5.92 Å². The lowest BCUT2D eigenvalue weighted by atomic mass is 9.89. The number of carbonyl (C=O) groups is 2. The lowest BCUT2D eigenvalue weighted by Gasteiger charge is -2.21. The van der Waals surface area contributed by atoms with Crippen LogP contribution in [0.4, 0.5) is 0 Å². The van der Waals surface area contributed by atoms with Crippen LogP contribution in [-0.2, 0) is 22.4 Å². The minimum atomic E-state index is -0.775. The van der Waals surface area contributed by atoms with Crippen LogP contribution < -0.4 is 5.32 Å². The summed E-state index contributed by atoms with van der Waals surface area (Å²) in [6, 6.07) is 6.51. The Morgan fingerprint density at radius 3 is 2.52 bits per heavy atom. The van der Waals surface area contributed by atoms with Crippen molar-refractivity contribution in [3.63, 3.8) is 0 Å². The van der Waals surface area contributed by atoms with E-state index in [2.05, 4.69) is 23.5 Å². The summed E-state index contributed by atoms with van der Waals surface area (Å²) in [5, 5.41) is 12.1. The van der Waals surface area contributed by atoms with Crippen LogP contribution in [0.15, 0.2) is 18.2 Å². The fourth-order valence-corrected chi connectivity index (χ4v) is 3.88. The maximum absolute atomic E-state index is 12.4. The van der Waals surface area contributed by atoms with E-state index in [9.17, 15) is 9.59 Å². The maximum Gasteiger partial charge on any atom is 0.306 e. The smallest absolute Gasteiger partial charge is 0.306 e. The average molecular weight is 315 g/mol. The van der Waals surface area contributed by atoms with Crippen molar-refractivity contribution in [2.24, 2.45) is 11.8 Å². The summed E-state index contributed by atoms with van der Waals surface area (Å²) < 4.78 is 0. The Morgan fingerprint density at radius 2 is 1.83 bits per heavy atom. The van der Waals surface area contributed by atoms with Crippen LogP contribution in [0.25, 0.3) is 0 Å². The minimum absolute atomic E-state index is 0.000953. The first-order chi connectivity index (χ1) is 11.0. The Labute approximate surface area is 137 Å². The van der Waals surface area contributed by atoms with Crippen molar-refractivity contribution in [3.8, 4) is 0 Å². The van der Waals surface area contributed by atoms with Crippen LogP contribution in [0.5, 0.6) is 0 Å². The van der Waals surface area contributed by atoms with Crippen LogP contribution >= 0.6 is 0 Å². The van der Waals surface area contributed by atoms with Crippen LogP contribution in [0.2, 0.25) is 0 Å². The number of fused-ring (bicyclic) bond motifs is 1. The number of hydrogen-bond acceptors (Lipinski definition) is 2. The third kappa shape index (κ3) is 3.57. The summed E-state index contributed by atoms with van der Waals surface area (Å²) >= 11 is 0.